The van der Waals surface area contributed by atoms with Crippen LogP contribution in [0.15, 0.2) is 107 Å². The van der Waals surface area contributed by atoms with Crippen molar-refractivity contribution >= 4 is 29.0 Å². The van der Waals surface area contributed by atoms with Crippen LogP contribution in [0.2, 0.25) is 0 Å². The highest BCUT2D eigenvalue weighted by atomic mass is 32.2. The Bertz CT molecular complexity index is 932. The number of anilines is 2. The van der Waals surface area contributed by atoms with Crippen molar-refractivity contribution in [3.8, 4) is 0 Å². The van der Waals surface area contributed by atoms with Gasteiger partial charge < -0.3 is 9.64 Å². The van der Waals surface area contributed by atoms with Gasteiger partial charge in [-0.2, -0.15) is 0 Å². The normalized spacial score (nSPS) is 14.4. The minimum Gasteiger partial charge on any atom is -0.378 e. The fourth-order valence-electron chi connectivity index (χ4n) is 3.26. The number of nitrogens with zero attached hydrogens (tertiary/aromatic N) is 2. The number of ether oxygens (including phenoxy) is 1. The van der Waals surface area contributed by atoms with Crippen LogP contribution in [0.3, 0.4) is 0 Å². The molecule has 3 aromatic carbocycles. The lowest BCUT2D eigenvalue weighted by atomic mass is 10.2. The number of benzene rings is 3. The zero-order valence-corrected chi connectivity index (χ0v) is 17.5. The van der Waals surface area contributed by atoms with Gasteiger partial charge in [-0.1, -0.05) is 66.4 Å². The first-order chi connectivity index (χ1) is 14.8. The molecule has 4 nitrogen and oxygen atoms in total. The molecular weight excluding hydrogens is 392 g/mol. The Hall–Kier alpha value is -3.02. The van der Waals surface area contributed by atoms with Crippen molar-refractivity contribution in [2.45, 2.75) is 4.90 Å². The number of carbonyl (C=O) groups excluding carboxylic acids is 1. The number of thioether (sulfide) groups is 1. The molecular formula is C25H24N2O2S. The summed E-state index contributed by atoms with van der Waals surface area (Å²) in [5.74, 6) is -0.0484. The number of hydrogen-bond donors (Lipinski definition) is 0. The molecule has 0 atom stereocenters. The number of rotatable bonds is 6. The van der Waals surface area contributed by atoms with E-state index in [4.69, 9.17) is 4.74 Å². The van der Waals surface area contributed by atoms with Crippen LogP contribution in [-0.2, 0) is 9.53 Å². The van der Waals surface area contributed by atoms with Gasteiger partial charge in [-0.25, -0.2) is 0 Å². The molecule has 5 heteroatoms. The molecule has 30 heavy (non-hydrogen) atoms. The predicted molar refractivity (Wildman–Crippen MR) is 123 cm³/mol. The Morgan fingerprint density at radius 1 is 0.800 bits per heavy atom. The lowest BCUT2D eigenvalue weighted by Gasteiger charge is -2.28. The molecule has 0 aliphatic carbocycles. The standard InChI is InChI=1S/C25H24N2O2S/c28-25(27(21-10-4-1-5-11-21)22-12-6-2-7-13-22)24(20-26-16-18-29-19-17-26)30-23-14-8-3-9-15-23/h1-15,20H,16-19H2/b24-20-. The van der Waals surface area contributed by atoms with Gasteiger partial charge in [0.15, 0.2) is 0 Å². The second-order valence-electron chi connectivity index (χ2n) is 6.87. The van der Waals surface area contributed by atoms with Gasteiger partial charge in [-0.05, 0) is 36.4 Å². The third kappa shape index (κ3) is 5.12. The van der Waals surface area contributed by atoms with Gasteiger partial charge in [0.1, 0.15) is 0 Å². The van der Waals surface area contributed by atoms with Crippen molar-refractivity contribution in [3.63, 3.8) is 0 Å². The van der Waals surface area contributed by atoms with E-state index in [1.807, 2.05) is 97.2 Å². The zero-order chi connectivity index (χ0) is 20.6. The summed E-state index contributed by atoms with van der Waals surface area (Å²) >= 11 is 1.50. The van der Waals surface area contributed by atoms with Crippen LogP contribution in [0.1, 0.15) is 0 Å². The molecule has 1 saturated heterocycles. The molecule has 1 heterocycles. The lowest BCUT2D eigenvalue weighted by molar-refractivity contribution is -0.113. The predicted octanol–water partition coefficient (Wildman–Crippen LogP) is 5.32. The largest absolute Gasteiger partial charge is 0.378 e. The van der Waals surface area contributed by atoms with Crippen LogP contribution >= 0.6 is 11.8 Å². The summed E-state index contributed by atoms with van der Waals surface area (Å²) < 4.78 is 5.47. The van der Waals surface area contributed by atoms with E-state index in [0.717, 1.165) is 29.4 Å². The maximum atomic E-state index is 13.9. The summed E-state index contributed by atoms with van der Waals surface area (Å²) in [6, 6.07) is 29.6. The van der Waals surface area contributed by atoms with Crippen molar-refractivity contribution < 1.29 is 9.53 Å². The van der Waals surface area contributed by atoms with Gasteiger partial charge in [0.25, 0.3) is 5.91 Å². The number of hydrogen-bond acceptors (Lipinski definition) is 4. The molecule has 1 aliphatic heterocycles. The van der Waals surface area contributed by atoms with E-state index >= 15 is 0 Å². The molecule has 4 rings (SSSR count). The molecule has 0 saturated carbocycles. The fourth-order valence-corrected chi connectivity index (χ4v) is 4.19. The monoisotopic (exact) mass is 416 g/mol. The first-order valence-electron chi connectivity index (χ1n) is 10.0. The highest BCUT2D eigenvalue weighted by Gasteiger charge is 2.24. The number of amides is 1. The molecule has 0 N–H and O–H groups in total. The third-order valence-electron chi connectivity index (χ3n) is 4.76. The van der Waals surface area contributed by atoms with Gasteiger partial charge >= 0.3 is 0 Å². The number of carbonyl (C=O) groups is 1. The van der Waals surface area contributed by atoms with Crippen molar-refractivity contribution in [1.29, 1.82) is 0 Å². The Labute approximate surface area is 181 Å². The second kappa shape index (κ2) is 10.1. The Balaban J connectivity index is 1.72. The Morgan fingerprint density at radius 3 is 1.83 bits per heavy atom. The van der Waals surface area contributed by atoms with Crippen LogP contribution in [-0.4, -0.2) is 37.1 Å². The molecule has 1 aliphatic rings. The molecule has 1 fully saturated rings. The molecule has 1 amide bonds. The lowest BCUT2D eigenvalue weighted by Crippen LogP contribution is -2.34. The van der Waals surface area contributed by atoms with E-state index in [9.17, 15) is 4.79 Å². The minimum absolute atomic E-state index is 0.0484. The average molecular weight is 417 g/mol. The second-order valence-corrected chi connectivity index (χ2v) is 7.98. The molecule has 3 aromatic rings. The number of para-hydroxylation sites is 2. The van der Waals surface area contributed by atoms with E-state index in [0.29, 0.717) is 18.1 Å². The molecule has 0 spiro atoms. The SMILES string of the molecule is O=C(/C(=C/N1CCOCC1)Sc1ccccc1)N(c1ccccc1)c1ccccc1. The summed E-state index contributed by atoms with van der Waals surface area (Å²) in [7, 11) is 0. The van der Waals surface area contributed by atoms with E-state index in [2.05, 4.69) is 4.90 Å². The molecule has 0 aromatic heterocycles. The van der Waals surface area contributed by atoms with Crippen LogP contribution in [0.5, 0.6) is 0 Å². The third-order valence-corrected chi connectivity index (χ3v) is 5.77. The molecule has 152 valence electrons. The average Bonchev–Trinajstić information content (AvgIpc) is 2.81. The minimum atomic E-state index is -0.0484. The van der Waals surface area contributed by atoms with E-state index in [1.165, 1.54) is 11.8 Å². The summed E-state index contributed by atoms with van der Waals surface area (Å²) in [6.07, 6.45) is 1.99. The van der Waals surface area contributed by atoms with Gasteiger partial charge in [-0.3, -0.25) is 9.69 Å². The van der Waals surface area contributed by atoms with Crippen molar-refractivity contribution in [1.82, 2.24) is 4.90 Å². The smallest absolute Gasteiger partial charge is 0.271 e. The van der Waals surface area contributed by atoms with Crippen molar-refractivity contribution in [2.75, 3.05) is 31.2 Å². The fraction of sp³-hybridized carbons (Fsp3) is 0.160. The van der Waals surface area contributed by atoms with Gasteiger partial charge in [0, 0.05) is 35.6 Å². The number of morpholine rings is 1. The van der Waals surface area contributed by atoms with Crippen LogP contribution in [0.4, 0.5) is 11.4 Å². The maximum absolute atomic E-state index is 13.9. The zero-order valence-electron chi connectivity index (χ0n) is 16.7. The van der Waals surface area contributed by atoms with Gasteiger partial charge in [-0.15, -0.1) is 0 Å². The maximum Gasteiger partial charge on any atom is 0.271 e. The van der Waals surface area contributed by atoms with E-state index < -0.39 is 0 Å². The Kier molecular flexibility index (Phi) is 6.85. The molecule has 0 radical (unpaired) electrons. The summed E-state index contributed by atoms with van der Waals surface area (Å²) in [5, 5.41) is 0. The quantitative estimate of drug-likeness (QED) is 0.402. The van der Waals surface area contributed by atoms with Crippen molar-refractivity contribution in [3.05, 3.63) is 102 Å². The van der Waals surface area contributed by atoms with Gasteiger partial charge in [0.2, 0.25) is 0 Å². The summed E-state index contributed by atoms with van der Waals surface area (Å²) in [5.41, 5.74) is 1.69. The van der Waals surface area contributed by atoms with Crippen LogP contribution < -0.4 is 4.90 Å². The first-order valence-corrected chi connectivity index (χ1v) is 10.8. The molecule has 0 unspecified atom stereocenters. The highest BCUT2D eigenvalue weighted by Crippen LogP contribution is 2.33. The van der Waals surface area contributed by atoms with E-state index in [-0.39, 0.29) is 5.91 Å². The summed E-state index contributed by atoms with van der Waals surface area (Å²) in [6.45, 7) is 2.91. The van der Waals surface area contributed by atoms with Gasteiger partial charge in [0.05, 0.1) is 18.1 Å². The summed E-state index contributed by atoms with van der Waals surface area (Å²) in [4.78, 5) is 19.6. The van der Waals surface area contributed by atoms with Crippen molar-refractivity contribution in [2.24, 2.45) is 0 Å². The molecule has 0 bridgehead atoms. The van der Waals surface area contributed by atoms with Crippen LogP contribution in [0, 0.1) is 0 Å². The Morgan fingerprint density at radius 2 is 1.30 bits per heavy atom. The highest BCUT2D eigenvalue weighted by molar-refractivity contribution is 8.04. The topological polar surface area (TPSA) is 32.8 Å². The first kappa shape index (κ1) is 20.3. The van der Waals surface area contributed by atoms with E-state index in [1.54, 1.807) is 4.90 Å². The van der Waals surface area contributed by atoms with Crippen LogP contribution in [0.25, 0.3) is 0 Å².